The molecule has 0 aliphatic rings. The normalized spacial score (nSPS) is 11.6. The second-order valence-corrected chi connectivity index (χ2v) is 5.28. The van der Waals surface area contributed by atoms with E-state index in [1.165, 1.54) is 12.3 Å². The SMILES string of the molecule is O=C(C(=NN=Cc1ccccc1F)c1ccccc1)c1ccccc1. The first-order valence-corrected chi connectivity index (χ1v) is 7.76. The second kappa shape index (κ2) is 7.93. The van der Waals surface area contributed by atoms with Crippen LogP contribution in [0.1, 0.15) is 21.5 Å². The van der Waals surface area contributed by atoms with E-state index in [9.17, 15) is 9.18 Å². The van der Waals surface area contributed by atoms with Crippen LogP contribution in [-0.4, -0.2) is 17.7 Å². The molecule has 0 unspecified atom stereocenters. The molecule has 0 atom stereocenters. The number of benzene rings is 3. The molecule has 0 aromatic heterocycles. The summed E-state index contributed by atoms with van der Waals surface area (Å²) in [6.45, 7) is 0. The fourth-order valence-electron chi connectivity index (χ4n) is 2.29. The van der Waals surface area contributed by atoms with Gasteiger partial charge in [0.15, 0.2) is 0 Å². The van der Waals surface area contributed by atoms with Crippen LogP contribution in [0, 0.1) is 5.82 Å². The molecule has 0 radical (unpaired) electrons. The first-order chi connectivity index (χ1) is 12.3. The van der Waals surface area contributed by atoms with Gasteiger partial charge in [-0.1, -0.05) is 78.9 Å². The van der Waals surface area contributed by atoms with Gasteiger partial charge in [-0.3, -0.25) is 4.79 Å². The fourth-order valence-corrected chi connectivity index (χ4v) is 2.29. The maximum Gasteiger partial charge on any atom is 0.213 e. The van der Waals surface area contributed by atoms with Gasteiger partial charge in [-0.25, -0.2) is 4.39 Å². The molecule has 0 saturated carbocycles. The number of nitrogens with zero attached hydrogens (tertiary/aromatic N) is 2. The number of carbonyl (C=O) groups is 1. The Labute approximate surface area is 145 Å². The smallest absolute Gasteiger partial charge is 0.213 e. The summed E-state index contributed by atoms with van der Waals surface area (Å²) in [4.78, 5) is 12.8. The lowest BCUT2D eigenvalue weighted by molar-refractivity contribution is 0.106. The lowest BCUT2D eigenvalue weighted by atomic mass is 10.0. The molecule has 0 aliphatic heterocycles. The summed E-state index contributed by atoms with van der Waals surface area (Å²) in [5.41, 5.74) is 1.69. The van der Waals surface area contributed by atoms with E-state index in [4.69, 9.17) is 0 Å². The minimum absolute atomic E-state index is 0.208. The summed E-state index contributed by atoms with van der Waals surface area (Å²) in [6.07, 6.45) is 1.30. The zero-order chi connectivity index (χ0) is 17.5. The third-order valence-corrected chi connectivity index (χ3v) is 3.56. The number of Topliss-reactive ketones (excluding diaryl/α,β-unsaturated/α-hetero) is 1. The number of carbonyl (C=O) groups excluding carboxylic acids is 1. The van der Waals surface area contributed by atoms with Crippen molar-refractivity contribution in [3.05, 3.63) is 107 Å². The Hall–Kier alpha value is -3.40. The van der Waals surface area contributed by atoms with E-state index in [-0.39, 0.29) is 11.5 Å². The highest BCUT2D eigenvalue weighted by Gasteiger charge is 2.16. The third kappa shape index (κ3) is 4.12. The van der Waals surface area contributed by atoms with Crippen LogP contribution in [0.15, 0.2) is 95.1 Å². The van der Waals surface area contributed by atoms with Crippen LogP contribution >= 0.6 is 0 Å². The first-order valence-electron chi connectivity index (χ1n) is 7.76. The number of hydrogen-bond donors (Lipinski definition) is 0. The van der Waals surface area contributed by atoms with Gasteiger partial charge in [0.2, 0.25) is 5.78 Å². The molecule has 0 N–H and O–H groups in total. The molecule has 122 valence electrons. The van der Waals surface area contributed by atoms with Crippen LogP contribution in [0.3, 0.4) is 0 Å². The minimum Gasteiger partial charge on any atom is -0.287 e. The molecule has 0 saturated heterocycles. The highest BCUT2D eigenvalue weighted by Crippen LogP contribution is 2.10. The van der Waals surface area contributed by atoms with Gasteiger partial charge in [0.1, 0.15) is 11.5 Å². The molecular weight excluding hydrogens is 315 g/mol. The van der Waals surface area contributed by atoms with Gasteiger partial charge in [0, 0.05) is 16.7 Å². The van der Waals surface area contributed by atoms with Gasteiger partial charge in [0.25, 0.3) is 0 Å². The van der Waals surface area contributed by atoms with Crippen molar-refractivity contribution in [1.82, 2.24) is 0 Å². The molecule has 0 heterocycles. The lowest BCUT2D eigenvalue weighted by Gasteiger charge is -2.04. The summed E-state index contributed by atoms with van der Waals surface area (Å²) in [5, 5.41) is 8.00. The van der Waals surface area contributed by atoms with E-state index in [0.29, 0.717) is 16.7 Å². The van der Waals surface area contributed by atoms with Gasteiger partial charge in [-0.05, 0) is 6.07 Å². The van der Waals surface area contributed by atoms with Crippen LogP contribution in [0.2, 0.25) is 0 Å². The van der Waals surface area contributed by atoms with Crippen LogP contribution in [0.5, 0.6) is 0 Å². The monoisotopic (exact) mass is 330 g/mol. The van der Waals surface area contributed by atoms with Crippen molar-refractivity contribution in [3.8, 4) is 0 Å². The van der Waals surface area contributed by atoms with E-state index in [1.807, 2.05) is 24.3 Å². The maximum absolute atomic E-state index is 13.7. The molecule has 0 spiro atoms. The summed E-state index contributed by atoms with van der Waals surface area (Å²) < 4.78 is 13.7. The highest BCUT2D eigenvalue weighted by atomic mass is 19.1. The molecule has 25 heavy (non-hydrogen) atoms. The zero-order valence-corrected chi connectivity index (χ0v) is 13.3. The van der Waals surface area contributed by atoms with E-state index in [1.54, 1.807) is 54.6 Å². The van der Waals surface area contributed by atoms with Crippen molar-refractivity contribution in [2.45, 2.75) is 0 Å². The average Bonchev–Trinajstić information content (AvgIpc) is 2.67. The Morgan fingerprint density at radius 3 is 1.96 bits per heavy atom. The van der Waals surface area contributed by atoms with Gasteiger partial charge in [-0.15, -0.1) is 5.10 Å². The van der Waals surface area contributed by atoms with E-state index in [0.717, 1.165) is 0 Å². The maximum atomic E-state index is 13.7. The molecule has 0 amide bonds. The van der Waals surface area contributed by atoms with Crippen molar-refractivity contribution in [2.24, 2.45) is 10.2 Å². The zero-order valence-electron chi connectivity index (χ0n) is 13.3. The van der Waals surface area contributed by atoms with Crippen molar-refractivity contribution < 1.29 is 9.18 Å². The molecule has 4 heteroatoms. The Kier molecular flexibility index (Phi) is 5.22. The van der Waals surface area contributed by atoms with Crippen molar-refractivity contribution in [3.63, 3.8) is 0 Å². The first kappa shape index (κ1) is 16.5. The predicted octanol–water partition coefficient (Wildman–Crippen LogP) is 4.53. The van der Waals surface area contributed by atoms with E-state index in [2.05, 4.69) is 10.2 Å². The molecule has 3 aromatic carbocycles. The quantitative estimate of drug-likeness (QED) is 0.385. The molecular formula is C21H15FN2O. The van der Waals surface area contributed by atoms with Gasteiger partial charge in [0.05, 0.1) is 6.21 Å². The largest absolute Gasteiger partial charge is 0.287 e. The van der Waals surface area contributed by atoms with Crippen LogP contribution in [0.4, 0.5) is 4.39 Å². The van der Waals surface area contributed by atoms with E-state index < -0.39 is 5.82 Å². The third-order valence-electron chi connectivity index (χ3n) is 3.56. The van der Waals surface area contributed by atoms with Crippen LogP contribution < -0.4 is 0 Å². The highest BCUT2D eigenvalue weighted by molar-refractivity contribution is 6.51. The Balaban J connectivity index is 1.97. The fraction of sp³-hybridized carbons (Fsp3) is 0. The number of hydrogen-bond acceptors (Lipinski definition) is 3. The van der Waals surface area contributed by atoms with Gasteiger partial charge >= 0.3 is 0 Å². The Bertz CT molecular complexity index is 919. The summed E-state index contributed by atoms with van der Waals surface area (Å²) in [5.74, 6) is -0.630. The molecule has 0 fully saturated rings. The summed E-state index contributed by atoms with van der Waals surface area (Å²) >= 11 is 0. The van der Waals surface area contributed by atoms with Crippen molar-refractivity contribution in [2.75, 3.05) is 0 Å². The van der Waals surface area contributed by atoms with E-state index >= 15 is 0 Å². The Morgan fingerprint density at radius 1 is 0.760 bits per heavy atom. The number of halogens is 1. The predicted molar refractivity (Wildman–Crippen MR) is 97.7 cm³/mol. The lowest BCUT2D eigenvalue weighted by Crippen LogP contribution is -2.15. The molecule has 0 bridgehead atoms. The molecule has 0 aliphatic carbocycles. The average molecular weight is 330 g/mol. The van der Waals surface area contributed by atoms with Crippen LogP contribution in [-0.2, 0) is 0 Å². The van der Waals surface area contributed by atoms with Crippen molar-refractivity contribution >= 4 is 17.7 Å². The van der Waals surface area contributed by atoms with Crippen LogP contribution in [0.25, 0.3) is 0 Å². The number of ketones is 1. The summed E-state index contributed by atoms with van der Waals surface area (Å²) in [7, 11) is 0. The van der Waals surface area contributed by atoms with Crippen molar-refractivity contribution in [1.29, 1.82) is 0 Å². The molecule has 3 rings (SSSR count). The minimum atomic E-state index is -0.392. The molecule has 3 nitrogen and oxygen atoms in total. The summed E-state index contributed by atoms with van der Waals surface area (Å²) in [6, 6.07) is 24.2. The standard InChI is InChI=1S/C21H15FN2O/c22-19-14-8-7-13-18(19)15-23-24-20(16-9-3-1-4-10-16)21(25)17-11-5-2-6-12-17/h1-15H. The number of rotatable bonds is 5. The topological polar surface area (TPSA) is 41.8 Å². The van der Waals surface area contributed by atoms with Gasteiger partial charge in [-0.2, -0.15) is 5.10 Å². The van der Waals surface area contributed by atoms with Gasteiger partial charge < -0.3 is 0 Å². The Morgan fingerprint density at radius 2 is 1.32 bits per heavy atom. The second-order valence-electron chi connectivity index (χ2n) is 5.28. The molecule has 3 aromatic rings.